The highest BCUT2D eigenvalue weighted by molar-refractivity contribution is 6.04. The van der Waals surface area contributed by atoms with Crippen LogP contribution in [0.1, 0.15) is 259 Å². The van der Waals surface area contributed by atoms with E-state index in [1.54, 1.807) is 0 Å². The van der Waals surface area contributed by atoms with Crippen LogP contribution in [0.5, 0.6) is 0 Å². The lowest BCUT2D eigenvalue weighted by atomic mass is 9.82. The van der Waals surface area contributed by atoms with Crippen LogP contribution in [0.15, 0.2) is 0 Å². The molecule has 360 valence electrons. The summed E-state index contributed by atoms with van der Waals surface area (Å²) in [4.78, 5) is 46.8. The number of rotatable bonds is 45. The third kappa shape index (κ3) is 31.1. The zero-order valence-corrected chi connectivity index (χ0v) is 41.6. The highest BCUT2D eigenvalue weighted by Gasteiger charge is 2.40. The SMILES string of the molecule is CCCCCCCCCCC(CCCCCCCC)CCC(=O)C(C(N)=O)C(CN1CCN(CCC)CC1)C(=O)OCC(CCCCCCCC)CCCCCCCCCC. The van der Waals surface area contributed by atoms with Crippen molar-refractivity contribution >= 4 is 17.7 Å². The molecule has 1 saturated heterocycles. The number of carbonyl (C=O) groups excluding carboxylic acids is 3. The number of amides is 1. The minimum absolute atomic E-state index is 0.148. The predicted molar refractivity (Wildman–Crippen MR) is 262 cm³/mol. The van der Waals surface area contributed by atoms with Gasteiger partial charge in [-0.25, -0.2) is 0 Å². The van der Waals surface area contributed by atoms with Crippen molar-refractivity contribution in [3.8, 4) is 0 Å². The molecule has 1 rings (SSSR count). The molecule has 1 amide bonds. The summed E-state index contributed by atoms with van der Waals surface area (Å²) in [5.74, 6) is -2.40. The number of nitrogens with zero attached hydrogens (tertiary/aromatic N) is 2. The molecule has 1 aliphatic heterocycles. The Balaban J connectivity index is 3.07. The average Bonchev–Trinajstić information content (AvgIpc) is 3.25. The van der Waals surface area contributed by atoms with Gasteiger partial charge in [-0.2, -0.15) is 0 Å². The molecule has 0 saturated carbocycles. The number of carbonyl (C=O) groups is 3. The van der Waals surface area contributed by atoms with Crippen LogP contribution in [0.3, 0.4) is 0 Å². The van der Waals surface area contributed by atoms with Crippen molar-refractivity contribution in [3.05, 3.63) is 0 Å². The van der Waals surface area contributed by atoms with Gasteiger partial charge in [0, 0.05) is 39.1 Å². The monoisotopic (exact) mass is 860 g/mol. The maximum Gasteiger partial charge on any atom is 0.311 e. The van der Waals surface area contributed by atoms with E-state index in [9.17, 15) is 14.4 Å². The standard InChI is InChI=1S/C54H105N3O4/c1-6-11-15-19-23-25-29-32-36-48(35-31-27-21-17-13-8-3)39-40-51(58)52(53(55)59)50(46-57-44-42-56(41-10-5)43-45-57)54(60)61-47-49(37-33-28-22-18-14-9-4)38-34-30-26-24-20-16-12-7-2/h48-50,52H,6-47H2,1-5H3,(H2,55,59). The van der Waals surface area contributed by atoms with Gasteiger partial charge < -0.3 is 15.4 Å². The molecular weight excluding hydrogens is 755 g/mol. The topological polar surface area (TPSA) is 92.9 Å². The molecule has 61 heavy (non-hydrogen) atoms. The summed E-state index contributed by atoms with van der Waals surface area (Å²) in [6, 6.07) is 0. The molecule has 7 nitrogen and oxygen atoms in total. The van der Waals surface area contributed by atoms with Crippen molar-refractivity contribution in [2.24, 2.45) is 29.4 Å². The minimum Gasteiger partial charge on any atom is -0.465 e. The van der Waals surface area contributed by atoms with E-state index in [1.807, 2.05) is 0 Å². The first-order chi connectivity index (χ1) is 29.8. The van der Waals surface area contributed by atoms with Crippen LogP contribution in [0, 0.1) is 23.7 Å². The second-order valence-corrected chi connectivity index (χ2v) is 19.6. The Labute approximate surface area is 380 Å². The van der Waals surface area contributed by atoms with E-state index in [0.29, 0.717) is 31.4 Å². The van der Waals surface area contributed by atoms with Gasteiger partial charge in [-0.1, -0.05) is 227 Å². The lowest BCUT2D eigenvalue weighted by molar-refractivity contribution is -0.158. The van der Waals surface area contributed by atoms with Crippen LogP contribution in [-0.4, -0.2) is 73.3 Å². The van der Waals surface area contributed by atoms with Gasteiger partial charge in [0.2, 0.25) is 5.91 Å². The Morgan fingerprint density at radius 3 is 1.20 bits per heavy atom. The Kier molecular flexibility index (Phi) is 38.9. The van der Waals surface area contributed by atoms with Gasteiger partial charge in [-0.15, -0.1) is 0 Å². The number of unbranched alkanes of at least 4 members (excludes halogenated alkanes) is 24. The number of hydrogen-bond donors (Lipinski definition) is 1. The molecule has 2 N–H and O–H groups in total. The smallest absolute Gasteiger partial charge is 0.311 e. The number of ketones is 1. The van der Waals surface area contributed by atoms with Crippen LogP contribution in [0.4, 0.5) is 0 Å². The molecule has 0 aliphatic carbocycles. The zero-order valence-electron chi connectivity index (χ0n) is 41.6. The Hall–Kier alpha value is -1.47. The number of hydrogen-bond acceptors (Lipinski definition) is 6. The maximum absolute atomic E-state index is 14.3. The second-order valence-electron chi connectivity index (χ2n) is 19.6. The van der Waals surface area contributed by atoms with Gasteiger partial charge in [0.1, 0.15) is 11.7 Å². The van der Waals surface area contributed by atoms with E-state index < -0.39 is 17.7 Å². The summed E-state index contributed by atoms with van der Waals surface area (Å²) in [7, 11) is 0. The van der Waals surface area contributed by atoms with Crippen molar-refractivity contribution in [2.75, 3.05) is 45.9 Å². The third-order valence-corrected chi connectivity index (χ3v) is 13.9. The third-order valence-electron chi connectivity index (χ3n) is 13.9. The van der Waals surface area contributed by atoms with Gasteiger partial charge in [0.25, 0.3) is 0 Å². The summed E-state index contributed by atoms with van der Waals surface area (Å²) in [6.07, 6.45) is 42.5. The zero-order chi connectivity index (χ0) is 44.6. The minimum atomic E-state index is -1.14. The molecule has 7 heteroatoms. The number of Topliss-reactive ketones (excluding diaryl/α,β-unsaturated/α-hetero) is 1. The fourth-order valence-electron chi connectivity index (χ4n) is 9.80. The van der Waals surface area contributed by atoms with E-state index in [1.165, 1.54) is 173 Å². The summed E-state index contributed by atoms with van der Waals surface area (Å²) >= 11 is 0. The Bertz CT molecular complexity index is 1010. The average molecular weight is 860 g/mol. The molecule has 4 unspecified atom stereocenters. The van der Waals surface area contributed by atoms with Gasteiger partial charge in [0.15, 0.2) is 0 Å². The number of ether oxygens (including phenoxy) is 1. The summed E-state index contributed by atoms with van der Waals surface area (Å²) in [6.45, 7) is 16.6. The quantitative estimate of drug-likeness (QED) is 0.0372. The summed E-state index contributed by atoms with van der Waals surface area (Å²) in [5.41, 5.74) is 6.15. The first-order valence-corrected chi connectivity index (χ1v) is 27.2. The first-order valence-electron chi connectivity index (χ1n) is 27.2. The number of piperazine rings is 1. The fourth-order valence-corrected chi connectivity index (χ4v) is 9.80. The van der Waals surface area contributed by atoms with Crippen LogP contribution in [0.2, 0.25) is 0 Å². The van der Waals surface area contributed by atoms with Crippen molar-refractivity contribution < 1.29 is 19.1 Å². The van der Waals surface area contributed by atoms with Crippen molar-refractivity contribution in [1.82, 2.24) is 9.80 Å². The van der Waals surface area contributed by atoms with Crippen molar-refractivity contribution in [2.45, 2.75) is 259 Å². The van der Waals surface area contributed by atoms with E-state index >= 15 is 0 Å². The molecule has 1 aliphatic rings. The maximum atomic E-state index is 14.3. The Morgan fingerprint density at radius 1 is 0.459 bits per heavy atom. The van der Waals surface area contributed by atoms with E-state index in [0.717, 1.165) is 77.7 Å². The van der Waals surface area contributed by atoms with E-state index in [4.69, 9.17) is 10.5 Å². The van der Waals surface area contributed by atoms with Crippen molar-refractivity contribution in [1.29, 1.82) is 0 Å². The molecular formula is C54H105N3O4. The molecule has 0 aromatic carbocycles. The lowest BCUT2D eigenvalue weighted by Crippen LogP contribution is -2.51. The largest absolute Gasteiger partial charge is 0.465 e. The number of nitrogens with two attached hydrogens (primary N) is 1. The molecule has 0 bridgehead atoms. The van der Waals surface area contributed by atoms with Crippen LogP contribution in [-0.2, 0) is 19.1 Å². The van der Waals surface area contributed by atoms with Gasteiger partial charge >= 0.3 is 5.97 Å². The predicted octanol–water partition coefficient (Wildman–Crippen LogP) is 14.4. The molecule has 1 heterocycles. The highest BCUT2D eigenvalue weighted by atomic mass is 16.5. The van der Waals surface area contributed by atoms with E-state index in [-0.39, 0.29) is 11.8 Å². The highest BCUT2D eigenvalue weighted by Crippen LogP contribution is 2.28. The number of primary amides is 1. The fraction of sp³-hybridized carbons (Fsp3) is 0.944. The van der Waals surface area contributed by atoms with Gasteiger partial charge in [-0.3, -0.25) is 19.3 Å². The molecule has 0 spiro atoms. The molecule has 4 atom stereocenters. The summed E-state index contributed by atoms with van der Waals surface area (Å²) < 4.78 is 6.26. The van der Waals surface area contributed by atoms with Crippen molar-refractivity contribution in [3.63, 3.8) is 0 Å². The van der Waals surface area contributed by atoms with Gasteiger partial charge in [0.05, 0.1) is 12.5 Å². The normalized spacial score (nSPS) is 15.8. The second kappa shape index (κ2) is 41.2. The molecule has 0 aromatic heterocycles. The Morgan fingerprint density at radius 2 is 0.820 bits per heavy atom. The van der Waals surface area contributed by atoms with Gasteiger partial charge in [-0.05, 0) is 44.1 Å². The van der Waals surface area contributed by atoms with Crippen LogP contribution in [0.25, 0.3) is 0 Å². The van der Waals surface area contributed by atoms with Crippen LogP contribution < -0.4 is 5.73 Å². The molecule has 0 aromatic rings. The molecule has 0 radical (unpaired) electrons. The first kappa shape index (κ1) is 57.5. The number of esters is 1. The van der Waals surface area contributed by atoms with E-state index in [2.05, 4.69) is 44.4 Å². The lowest BCUT2D eigenvalue weighted by Gasteiger charge is -2.37. The summed E-state index contributed by atoms with van der Waals surface area (Å²) in [5, 5.41) is 0. The van der Waals surface area contributed by atoms with Crippen LogP contribution >= 0.6 is 0 Å². The molecule has 1 fully saturated rings.